The quantitative estimate of drug-likeness (QED) is 0.832. The van der Waals surface area contributed by atoms with Crippen LogP contribution in [0.4, 0.5) is 8.78 Å². The van der Waals surface area contributed by atoms with Crippen LogP contribution in [-0.4, -0.2) is 16.3 Å². The molecule has 0 fully saturated rings. The van der Waals surface area contributed by atoms with E-state index in [0.717, 1.165) is 0 Å². The van der Waals surface area contributed by atoms with Crippen LogP contribution in [-0.2, 0) is 11.2 Å². The Labute approximate surface area is 115 Å². The van der Waals surface area contributed by atoms with E-state index in [1.807, 2.05) is 0 Å². The van der Waals surface area contributed by atoms with Gasteiger partial charge in [-0.25, -0.2) is 0 Å². The van der Waals surface area contributed by atoms with Gasteiger partial charge in [0.2, 0.25) is 0 Å². The minimum Gasteiger partial charge on any atom is -0.481 e. The van der Waals surface area contributed by atoms with E-state index < -0.39 is 17.1 Å². The number of hydrogen-bond donors (Lipinski definition) is 1. The number of aliphatic carboxylic acids is 1. The molecule has 1 aromatic rings. The molecule has 0 aliphatic heterocycles. The second kappa shape index (κ2) is 6.95. The molecule has 0 aliphatic carbocycles. The van der Waals surface area contributed by atoms with E-state index in [0.29, 0.717) is 22.2 Å². The number of halogens is 3. The molecule has 0 radical (unpaired) electrons. The summed E-state index contributed by atoms with van der Waals surface area (Å²) in [6.07, 6.45) is -0.0917. The minimum atomic E-state index is -2.81. The average molecular weight is 297 g/mol. The summed E-state index contributed by atoms with van der Waals surface area (Å²) in [4.78, 5) is 10.9. The molecule has 0 saturated heterocycles. The molecule has 2 nitrogen and oxygen atoms in total. The van der Waals surface area contributed by atoms with E-state index in [2.05, 4.69) is 0 Å². The maximum Gasteiger partial charge on any atom is 0.307 e. The Balaban J connectivity index is 0.00000289. The topological polar surface area (TPSA) is 37.3 Å². The third-order valence-corrected chi connectivity index (χ3v) is 3.46. The van der Waals surface area contributed by atoms with Gasteiger partial charge in [-0.15, -0.1) is 12.4 Å². The highest BCUT2D eigenvalue weighted by Gasteiger charge is 2.34. The Morgan fingerprint density at radius 2 is 1.83 bits per heavy atom. The second-order valence-corrected chi connectivity index (χ2v) is 5.25. The maximum atomic E-state index is 13.4. The van der Waals surface area contributed by atoms with Crippen LogP contribution in [0.25, 0.3) is 0 Å². The predicted molar refractivity (Wildman–Crippen MR) is 70.7 cm³/mol. The molecule has 0 aliphatic rings. The molecule has 6 heteroatoms. The highest BCUT2D eigenvalue weighted by molar-refractivity contribution is 8.00. The second-order valence-electron chi connectivity index (χ2n) is 4.03. The number of alkyl halides is 2. The molecule has 102 valence electrons. The zero-order valence-electron chi connectivity index (χ0n) is 10.0. The number of carboxylic acids is 1. The van der Waals surface area contributed by atoms with Crippen LogP contribution in [0.1, 0.15) is 19.4 Å². The summed E-state index contributed by atoms with van der Waals surface area (Å²) >= 11 is 0.501. The lowest BCUT2D eigenvalue weighted by atomic mass is 10.2. The van der Waals surface area contributed by atoms with E-state index in [1.165, 1.54) is 26.0 Å². The van der Waals surface area contributed by atoms with Gasteiger partial charge in [0.25, 0.3) is 5.25 Å². The van der Waals surface area contributed by atoms with Gasteiger partial charge in [0.15, 0.2) is 0 Å². The highest BCUT2D eigenvalue weighted by atomic mass is 35.5. The lowest BCUT2D eigenvalue weighted by Gasteiger charge is -2.19. The highest BCUT2D eigenvalue weighted by Crippen LogP contribution is 2.41. The molecule has 18 heavy (non-hydrogen) atoms. The lowest BCUT2D eigenvalue weighted by Crippen LogP contribution is -2.18. The van der Waals surface area contributed by atoms with Gasteiger partial charge in [0.05, 0.1) is 6.42 Å². The molecule has 0 aromatic heterocycles. The molecule has 1 N–H and O–H groups in total. The molecule has 0 bridgehead atoms. The van der Waals surface area contributed by atoms with Crippen molar-refractivity contribution in [2.75, 3.05) is 0 Å². The minimum absolute atomic E-state index is 0. The van der Waals surface area contributed by atoms with Crippen LogP contribution in [0.3, 0.4) is 0 Å². The SMILES string of the molecule is CC(C)C(F)(F)Sc1ccc(CC(=O)O)cc1.Cl. The summed E-state index contributed by atoms with van der Waals surface area (Å²) < 4.78 is 26.8. The van der Waals surface area contributed by atoms with Gasteiger partial charge in [-0.2, -0.15) is 8.78 Å². The Hall–Kier alpha value is -0.810. The van der Waals surface area contributed by atoms with Crippen molar-refractivity contribution in [3.05, 3.63) is 29.8 Å². The summed E-state index contributed by atoms with van der Waals surface area (Å²) in [5, 5.41) is 5.76. The Kier molecular flexibility index (Phi) is 6.63. The van der Waals surface area contributed by atoms with Gasteiger partial charge in [0, 0.05) is 10.8 Å². The van der Waals surface area contributed by atoms with E-state index in [9.17, 15) is 13.6 Å². The zero-order chi connectivity index (χ0) is 13.1. The molecule has 1 rings (SSSR count). The molecule has 0 saturated carbocycles. The first-order valence-corrected chi connectivity index (χ1v) is 6.00. The van der Waals surface area contributed by atoms with Crippen molar-refractivity contribution in [3.8, 4) is 0 Å². The van der Waals surface area contributed by atoms with Crippen LogP contribution in [0.2, 0.25) is 0 Å². The number of hydrogen-bond acceptors (Lipinski definition) is 2. The van der Waals surface area contributed by atoms with Gasteiger partial charge < -0.3 is 5.11 Å². The van der Waals surface area contributed by atoms with Crippen molar-refractivity contribution < 1.29 is 18.7 Å². The molecule has 0 unspecified atom stereocenters. The average Bonchev–Trinajstić information content (AvgIpc) is 2.19. The summed E-state index contributed by atoms with van der Waals surface area (Å²) in [5.74, 6) is -1.68. The molecule has 1 aromatic carbocycles. The number of carboxylic acid groups (broad SMARTS) is 1. The van der Waals surface area contributed by atoms with E-state index in [-0.39, 0.29) is 18.8 Å². The van der Waals surface area contributed by atoms with E-state index in [4.69, 9.17) is 5.11 Å². The molecular weight excluding hydrogens is 282 g/mol. The lowest BCUT2D eigenvalue weighted by molar-refractivity contribution is -0.136. The van der Waals surface area contributed by atoms with Crippen LogP contribution >= 0.6 is 24.2 Å². The fourth-order valence-corrected chi connectivity index (χ4v) is 1.95. The monoisotopic (exact) mass is 296 g/mol. The summed E-state index contributed by atoms with van der Waals surface area (Å²) in [7, 11) is 0. The van der Waals surface area contributed by atoms with Crippen molar-refractivity contribution >= 4 is 30.1 Å². The Bertz CT molecular complexity index is 394. The fraction of sp³-hybridized carbons (Fsp3) is 0.417. The standard InChI is InChI=1S/C12H14F2O2S.ClH/c1-8(2)12(13,14)17-10-5-3-9(4-6-10)7-11(15)16;/h3-6,8H,7H2,1-2H3,(H,15,16);1H. The number of carbonyl (C=O) groups is 1. The largest absolute Gasteiger partial charge is 0.481 e. The van der Waals surface area contributed by atoms with Crippen molar-refractivity contribution in [3.63, 3.8) is 0 Å². The summed E-state index contributed by atoms with van der Waals surface area (Å²) in [5.41, 5.74) is 0.606. The predicted octanol–water partition coefficient (Wildman–Crippen LogP) is 4.08. The Morgan fingerprint density at radius 1 is 1.33 bits per heavy atom. The van der Waals surface area contributed by atoms with Crippen LogP contribution in [0.15, 0.2) is 29.2 Å². The van der Waals surface area contributed by atoms with Gasteiger partial charge in [0.1, 0.15) is 0 Å². The van der Waals surface area contributed by atoms with E-state index >= 15 is 0 Å². The van der Waals surface area contributed by atoms with Crippen molar-refractivity contribution in [2.24, 2.45) is 5.92 Å². The smallest absolute Gasteiger partial charge is 0.307 e. The fourth-order valence-electron chi connectivity index (χ4n) is 1.12. The van der Waals surface area contributed by atoms with Crippen molar-refractivity contribution in [2.45, 2.75) is 30.4 Å². The van der Waals surface area contributed by atoms with Crippen molar-refractivity contribution in [1.29, 1.82) is 0 Å². The van der Waals surface area contributed by atoms with Crippen LogP contribution in [0.5, 0.6) is 0 Å². The van der Waals surface area contributed by atoms with Crippen molar-refractivity contribution in [1.82, 2.24) is 0 Å². The Morgan fingerprint density at radius 3 is 2.22 bits per heavy atom. The van der Waals surface area contributed by atoms with Gasteiger partial charge >= 0.3 is 5.97 Å². The number of rotatable bonds is 5. The molecule has 0 spiro atoms. The molecule has 0 amide bonds. The number of thioether (sulfide) groups is 1. The van der Waals surface area contributed by atoms with Crippen LogP contribution in [0, 0.1) is 5.92 Å². The normalized spacial score (nSPS) is 11.2. The van der Waals surface area contributed by atoms with Gasteiger partial charge in [-0.05, 0) is 17.7 Å². The summed E-state index contributed by atoms with van der Waals surface area (Å²) in [6, 6.07) is 6.18. The first-order valence-electron chi connectivity index (χ1n) is 5.19. The first kappa shape index (κ1) is 17.2. The third kappa shape index (κ3) is 5.23. The molecule has 0 atom stereocenters. The third-order valence-electron chi connectivity index (χ3n) is 2.20. The van der Waals surface area contributed by atoms with Gasteiger partial charge in [-0.1, -0.05) is 37.7 Å². The van der Waals surface area contributed by atoms with Gasteiger partial charge in [-0.3, -0.25) is 4.79 Å². The summed E-state index contributed by atoms with van der Waals surface area (Å²) in [6.45, 7) is 2.93. The molecular formula is C12H15ClF2O2S. The maximum absolute atomic E-state index is 13.4. The number of benzene rings is 1. The zero-order valence-corrected chi connectivity index (χ0v) is 11.7. The molecule has 0 heterocycles. The first-order chi connectivity index (χ1) is 7.81. The van der Waals surface area contributed by atoms with E-state index in [1.54, 1.807) is 12.1 Å². The van der Waals surface area contributed by atoms with Crippen LogP contribution < -0.4 is 0 Å².